The Morgan fingerprint density at radius 2 is 1.89 bits per heavy atom. The molecule has 18 heteroatoms. The van der Waals surface area contributed by atoms with Crippen LogP contribution in [0.3, 0.4) is 0 Å². The van der Waals surface area contributed by atoms with Crippen LogP contribution in [0.15, 0.2) is 11.8 Å². The van der Waals surface area contributed by atoms with Crippen molar-refractivity contribution < 1.29 is 49.3 Å². The van der Waals surface area contributed by atoms with E-state index in [1.54, 1.807) is 13.1 Å². The molecular formula is C26H50N8O10. The zero-order chi connectivity index (χ0) is 32.8. The van der Waals surface area contributed by atoms with Crippen LogP contribution in [0.1, 0.15) is 33.1 Å². The Morgan fingerprint density at radius 3 is 2.50 bits per heavy atom. The third kappa shape index (κ3) is 8.53. The third-order valence-electron chi connectivity index (χ3n) is 8.11. The fraction of sp³-hybridized carbons (Fsp3) is 0.846. The van der Waals surface area contributed by atoms with Gasteiger partial charge in [0.05, 0.1) is 37.9 Å². The van der Waals surface area contributed by atoms with Crippen LogP contribution < -0.4 is 38.5 Å². The average molecular weight is 635 g/mol. The Kier molecular flexibility index (Phi) is 12.7. The topological polar surface area (TPSA) is 305 Å². The van der Waals surface area contributed by atoms with E-state index in [4.69, 9.17) is 46.7 Å². The largest absolute Gasteiger partial charge is 0.467 e. The number of rotatable bonds is 13. The number of hydrogen-bond acceptors (Lipinski definition) is 15. The number of aliphatic hydroxyl groups is 5. The molecule has 0 radical (unpaired) electrons. The van der Waals surface area contributed by atoms with Gasteiger partial charge in [-0.15, -0.1) is 0 Å². The Balaban J connectivity index is 1.85. The lowest BCUT2D eigenvalue weighted by atomic mass is 9.83. The molecule has 2 aliphatic heterocycles. The maximum absolute atomic E-state index is 13.2. The van der Waals surface area contributed by atoms with Crippen molar-refractivity contribution in [1.82, 2.24) is 21.3 Å². The molecule has 18 nitrogen and oxygen atoms in total. The molecule has 44 heavy (non-hydrogen) atoms. The van der Waals surface area contributed by atoms with Gasteiger partial charge in [0.15, 0.2) is 12.2 Å². The molecule has 3 aliphatic rings. The second-order valence-electron chi connectivity index (χ2n) is 11.7. The zero-order valence-corrected chi connectivity index (χ0v) is 25.3. The highest BCUT2D eigenvalue weighted by molar-refractivity contribution is 5.89. The second-order valence-corrected chi connectivity index (χ2v) is 11.7. The van der Waals surface area contributed by atoms with Crippen molar-refractivity contribution in [3.05, 3.63) is 11.8 Å². The second kappa shape index (κ2) is 15.4. The average Bonchev–Trinajstić information content (AvgIpc) is 2.95. The summed E-state index contributed by atoms with van der Waals surface area (Å²) in [6.45, 7) is 3.38. The van der Waals surface area contributed by atoms with E-state index >= 15 is 0 Å². The number of nitrogens with one attached hydrogen (secondary N) is 5. The summed E-state index contributed by atoms with van der Waals surface area (Å²) >= 11 is 0. The van der Waals surface area contributed by atoms with Crippen molar-refractivity contribution in [2.24, 2.45) is 17.2 Å². The van der Waals surface area contributed by atoms with Gasteiger partial charge in [0.25, 0.3) is 5.91 Å². The Hall–Kier alpha value is -2.20. The number of guanidine groups is 1. The molecular weight excluding hydrogens is 584 g/mol. The van der Waals surface area contributed by atoms with Gasteiger partial charge < -0.3 is 82.9 Å². The molecule has 1 saturated carbocycles. The fourth-order valence-electron chi connectivity index (χ4n) is 5.63. The van der Waals surface area contributed by atoms with Crippen LogP contribution in [0.25, 0.3) is 0 Å². The number of nitrogens with two attached hydrogens (primary N) is 3. The summed E-state index contributed by atoms with van der Waals surface area (Å²) in [5.74, 6) is -1.07. The van der Waals surface area contributed by atoms with E-state index < -0.39 is 84.4 Å². The van der Waals surface area contributed by atoms with Gasteiger partial charge in [-0.05, 0) is 32.9 Å². The first-order valence-corrected chi connectivity index (χ1v) is 14.7. The van der Waals surface area contributed by atoms with Gasteiger partial charge in [-0.3, -0.25) is 10.2 Å². The zero-order valence-electron chi connectivity index (χ0n) is 25.3. The van der Waals surface area contributed by atoms with Gasteiger partial charge in [-0.1, -0.05) is 6.92 Å². The monoisotopic (exact) mass is 634 g/mol. The van der Waals surface area contributed by atoms with Gasteiger partial charge in [0, 0.05) is 19.0 Å². The Bertz CT molecular complexity index is 1010. The molecule has 3 rings (SSSR count). The van der Waals surface area contributed by atoms with Crippen molar-refractivity contribution in [3.8, 4) is 0 Å². The smallest absolute Gasteiger partial charge is 0.273 e. The van der Waals surface area contributed by atoms with Gasteiger partial charge in [-0.2, -0.15) is 0 Å². The van der Waals surface area contributed by atoms with Gasteiger partial charge in [0.2, 0.25) is 12.0 Å². The first-order valence-electron chi connectivity index (χ1n) is 14.7. The predicted octanol–water partition coefficient (Wildman–Crippen LogP) is -5.49. The molecule has 12 atom stereocenters. The summed E-state index contributed by atoms with van der Waals surface area (Å²) in [6.07, 6.45) is -5.74. The highest BCUT2D eigenvalue weighted by atomic mass is 16.7. The maximum Gasteiger partial charge on any atom is 0.273 e. The van der Waals surface area contributed by atoms with Gasteiger partial charge in [0.1, 0.15) is 35.8 Å². The van der Waals surface area contributed by atoms with E-state index in [9.17, 15) is 25.2 Å². The quantitative estimate of drug-likeness (QED) is 0.0389. The summed E-state index contributed by atoms with van der Waals surface area (Å²) in [5.41, 5.74) is 14.4. The van der Waals surface area contributed by atoms with Crippen LogP contribution in [0.5, 0.6) is 0 Å². The van der Waals surface area contributed by atoms with Gasteiger partial charge >= 0.3 is 0 Å². The molecule has 1 amide bonds. The van der Waals surface area contributed by atoms with Crippen LogP contribution in [0, 0.1) is 5.41 Å². The molecule has 2 unspecified atom stereocenters. The maximum atomic E-state index is 13.2. The SMILES string of the molecule is CCC(O)(NC(=N)N)C(=O)N[C@@H]1C[C@H](N)C(O[C@H]2OC(CNCCO)=CC[C@H]2N)[C@H](O)[C@H]1O[C@H]1OC[C@](C)(O)[C@H](NC)[C@H]1O. The third-order valence-corrected chi connectivity index (χ3v) is 8.11. The molecule has 254 valence electrons. The molecule has 2 heterocycles. The minimum absolute atomic E-state index is 0.0311. The van der Waals surface area contributed by atoms with E-state index in [-0.39, 0.29) is 26.1 Å². The highest BCUT2D eigenvalue weighted by Crippen LogP contribution is 2.32. The van der Waals surface area contributed by atoms with Crippen molar-refractivity contribution in [1.29, 1.82) is 5.41 Å². The lowest BCUT2D eigenvalue weighted by molar-refractivity contribution is -0.304. The summed E-state index contributed by atoms with van der Waals surface area (Å²) in [6, 6.07) is -3.42. The van der Waals surface area contributed by atoms with Crippen molar-refractivity contribution in [3.63, 3.8) is 0 Å². The number of amides is 1. The van der Waals surface area contributed by atoms with Crippen LogP contribution in [-0.4, -0.2) is 143 Å². The molecule has 0 aromatic heterocycles. The van der Waals surface area contributed by atoms with E-state index in [2.05, 4.69) is 21.3 Å². The van der Waals surface area contributed by atoms with E-state index in [0.717, 1.165) is 0 Å². The Labute approximate surface area is 256 Å². The molecule has 16 N–H and O–H groups in total. The number of aliphatic hydroxyl groups excluding tert-OH is 3. The number of likely N-dealkylation sites (N-methyl/N-ethyl adjacent to an activating group) is 1. The lowest BCUT2D eigenvalue weighted by Gasteiger charge is -2.49. The number of carbonyl (C=O) groups excluding carboxylic acids is 1. The van der Waals surface area contributed by atoms with E-state index in [1.807, 2.05) is 0 Å². The molecule has 1 aliphatic carbocycles. The standard InChI is InChI=1S/C26H50N8O10/c1-4-26(40,34-24(29)30)23(38)33-15-9-14(28)18(43-21-13(27)6-5-12(42-21)10-32-7-8-35)16(36)19(15)44-22-17(37)20(31-3)25(2,39)11-41-22/h5,13-22,31-32,35-37,39-40H,4,6-11,27-28H2,1-3H3,(H,33,38)(H4,29,30,34)/t13-,14+,15-,16+,17-,18?,19+,20-,21-,22-,25+,26?/m1/s1. The fourth-order valence-corrected chi connectivity index (χ4v) is 5.63. The first-order chi connectivity index (χ1) is 20.7. The normalized spacial score (nSPS) is 39.0. The molecule has 0 spiro atoms. The molecule has 0 bridgehead atoms. The molecule has 0 aromatic carbocycles. The van der Waals surface area contributed by atoms with Crippen LogP contribution in [0.2, 0.25) is 0 Å². The lowest BCUT2D eigenvalue weighted by Crippen LogP contribution is -2.70. The predicted molar refractivity (Wildman–Crippen MR) is 155 cm³/mol. The Morgan fingerprint density at radius 1 is 1.20 bits per heavy atom. The van der Waals surface area contributed by atoms with Crippen molar-refractivity contribution in [2.45, 2.75) is 106 Å². The van der Waals surface area contributed by atoms with Crippen molar-refractivity contribution in [2.75, 3.05) is 33.4 Å². The molecule has 1 saturated heterocycles. The molecule has 0 aromatic rings. The highest BCUT2D eigenvalue weighted by Gasteiger charge is 2.52. The molecule has 2 fully saturated rings. The van der Waals surface area contributed by atoms with E-state index in [1.165, 1.54) is 13.8 Å². The van der Waals surface area contributed by atoms with Crippen LogP contribution in [-0.2, 0) is 23.7 Å². The summed E-state index contributed by atoms with van der Waals surface area (Å²) in [5, 5.41) is 71.3. The van der Waals surface area contributed by atoms with Crippen molar-refractivity contribution >= 4 is 11.9 Å². The number of ether oxygens (including phenoxy) is 4. The summed E-state index contributed by atoms with van der Waals surface area (Å²) in [4.78, 5) is 13.2. The summed E-state index contributed by atoms with van der Waals surface area (Å²) in [7, 11) is 1.55. The minimum Gasteiger partial charge on any atom is -0.467 e. The number of carbonyl (C=O) groups is 1. The first kappa shape index (κ1) is 36.3. The number of hydrogen-bond donors (Lipinski definition) is 13. The van der Waals surface area contributed by atoms with Crippen LogP contribution >= 0.6 is 0 Å². The summed E-state index contributed by atoms with van der Waals surface area (Å²) < 4.78 is 23.8. The van der Waals surface area contributed by atoms with Crippen LogP contribution in [0.4, 0.5) is 0 Å². The minimum atomic E-state index is -2.26. The van der Waals surface area contributed by atoms with Gasteiger partial charge in [-0.25, -0.2) is 0 Å². The van der Waals surface area contributed by atoms with E-state index in [0.29, 0.717) is 25.3 Å².